The Morgan fingerprint density at radius 1 is 1.35 bits per heavy atom. The van der Waals surface area contributed by atoms with Crippen molar-refractivity contribution in [1.82, 2.24) is 0 Å². The minimum atomic E-state index is -1.90. The van der Waals surface area contributed by atoms with E-state index in [0.29, 0.717) is 0 Å². The Hall–Kier alpha value is -0.433. The summed E-state index contributed by atoms with van der Waals surface area (Å²) in [5.74, 6) is -0.973. The van der Waals surface area contributed by atoms with Crippen LogP contribution in [0.1, 0.15) is 60.8 Å². The molecule has 1 aliphatic heterocycles. The van der Waals surface area contributed by atoms with Gasteiger partial charge in [-0.3, -0.25) is 4.79 Å². The highest BCUT2D eigenvalue weighted by Crippen LogP contribution is 2.38. The Bertz CT molecular complexity index is 400. The summed E-state index contributed by atoms with van der Waals surface area (Å²) in [5, 5.41) is 0.120. The maximum atomic E-state index is 12.2. The Kier molecular flexibility index (Phi) is 6.84. The molecule has 0 aromatic heterocycles. The van der Waals surface area contributed by atoms with Gasteiger partial charge in [0.25, 0.3) is 0 Å². The minimum Gasteiger partial charge on any atom is -0.433 e. The lowest BCUT2D eigenvalue weighted by Gasteiger charge is -2.39. The van der Waals surface area contributed by atoms with E-state index in [0.717, 1.165) is 12.8 Å². The molecule has 0 aliphatic carbocycles. The monoisotopic (exact) mass is 346 g/mol. The van der Waals surface area contributed by atoms with E-state index in [2.05, 4.69) is 40.8 Å². The highest BCUT2D eigenvalue weighted by Gasteiger charge is 2.40. The molecule has 136 valence electrons. The molecular weight excluding hydrogens is 312 g/mol. The minimum absolute atomic E-state index is 0.0938. The van der Waals surface area contributed by atoms with Crippen LogP contribution in [0.5, 0.6) is 0 Å². The lowest BCUT2D eigenvalue weighted by molar-refractivity contribution is -0.198. The third-order valence-corrected chi connectivity index (χ3v) is 9.05. The van der Waals surface area contributed by atoms with E-state index in [1.165, 1.54) is 0 Å². The molecule has 1 unspecified atom stereocenters. The van der Waals surface area contributed by atoms with Gasteiger partial charge in [0.15, 0.2) is 14.1 Å². The quantitative estimate of drug-likeness (QED) is 0.510. The van der Waals surface area contributed by atoms with Crippen LogP contribution in [0.15, 0.2) is 0 Å². The van der Waals surface area contributed by atoms with E-state index in [4.69, 9.17) is 18.6 Å². The van der Waals surface area contributed by atoms with Crippen molar-refractivity contribution in [3.8, 4) is 0 Å². The van der Waals surface area contributed by atoms with Gasteiger partial charge < -0.3 is 18.6 Å². The van der Waals surface area contributed by atoms with Crippen LogP contribution in [0.25, 0.3) is 0 Å². The molecule has 0 aromatic carbocycles. The van der Waals surface area contributed by atoms with Crippen LogP contribution in [-0.4, -0.2) is 39.1 Å². The zero-order valence-electron chi connectivity index (χ0n) is 16.0. The van der Waals surface area contributed by atoms with Gasteiger partial charge in [-0.2, -0.15) is 0 Å². The van der Waals surface area contributed by atoms with E-state index in [-0.39, 0.29) is 30.1 Å². The second kappa shape index (κ2) is 7.63. The van der Waals surface area contributed by atoms with Crippen molar-refractivity contribution < 1.29 is 23.4 Å². The second-order valence-electron chi connectivity index (χ2n) is 8.24. The van der Waals surface area contributed by atoms with E-state index in [1.807, 2.05) is 0 Å². The molecule has 0 radical (unpaired) electrons. The molecule has 6 heteroatoms. The summed E-state index contributed by atoms with van der Waals surface area (Å²) in [6, 6.07) is 0. The van der Waals surface area contributed by atoms with Gasteiger partial charge in [0.1, 0.15) is 6.61 Å². The summed E-state index contributed by atoms with van der Waals surface area (Å²) in [5.41, 5.74) is 0. The predicted molar refractivity (Wildman–Crippen MR) is 92.6 cm³/mol. The average Bonchev–Trinajstić information content (AvgIpc) is 2.66. The molecule has 1 saturated heterocycles. The van der Waals surface area contributed by atoms with Gasteiger partial charge >= 0.3 is 5.97 Å². The molecule has 0 aromatic rings. The smallest absolute Gasteiger partial charge is 0.310 e. The van der Waals surface area contributed by atoms with Crippen LogP contribution in [0, 0.1) is 0 Å². The van der Waals surface area contributed by atoms with Gasteiger partial charge in [-0.25, -0.2) is 0 Å². The molecule has 1 rings (SSSR count). The Morgan fingerprint density at radius 2 is 1.96 bits per heavy atom. The van der Waals surface area contributed by atoms with E-state index in [1.54, 1.807) is 13.8 Å². The number of carbonyl (C=O) groups excluding carboxylic acids is 1. The van der Waals surface area contributed by atoms with Gasteiger partial charge in [0.2, 0.25) is 6.29 Å². The standard InChI is InChI=1S/C17H34O5Si/c1-9-10-13(22-23(7,8)16(2,3)4)11-14(18)20-15-12-19-17(5,6)21-15/h13,15H,9-12H2,1-8H3/t13-,15?/m1/s1. The SMILES string of the molecule is CCC[C@H](CC(=O)OC1COC(C)(C)O1)O[Si](C)(C)C(C)(C)C. The van der Waals surface area contributed by atoms with E-state index < -0.39 is 20.4 Å². The fourth-order valence-electron chi connectivity index (χ4n) is 2.21. The number of carbonyl (C=O) groups is 1. The molecule has 1 fully saturated rings. The lowest BCUT2D eigenvalue weighted by Crippen LogP contribution is -2.44. The third kappa shape index (κ3) is 6.53. The van der Waals surface area contributed by atoms with Crippen molar-refractivity contribution in [2.75, 3.05) is 6.61 Å². The number of rotatable bonds is 7. The van der Waals surface area contributed by atoms with Crippen LogP contribution in [0.2, 0.25) is 18.1 Å². The summed E-state index contributed by atoms with van der Waals surface area (Å²) in [4.78, 5) is 12.2. The molecule has 0 amide bonds. The van der Waals surface area contributed by atoms with Crippen LogP contribution >= 0.6 is 0 Å². The highest BCUT2D eigenvalue weighted by atomic mass is 28.4. The lowest BCUT2D eigenvalue weighted by atomic mass is 10.1. The van der Waals surface area contributed by atoms with E-state index >= 15 is 0 Å². The van der Waals surface area contributed by atoms with Crippen molar-refractivity contribution in [1.29, 1.82) is 0 Å². The molecule has 1 heterocycles. The molecule has 0 spiro atoms. The Balaban J connectivity index is 2.57. The van der Waals surface area contributed by atoms with Gasteiger partial charge in [0, 0.05) is 0 Å². The fourth-order valence-corrected chi connectivity index (χ4v) is 3.60. The van der Waals surface area contributed by atoms with Crippen molar-refractivity contribution in [2.24, 2.45) is 0 Å². The summed E-state index contributed by atoms with van der Waals surface area (Å²) in [6.07, 6.45) is 1.38. The first-order valence-electron chi connectivity index (χ1n) is 8.55. The van der Waals surface area contributed by atoms with Crippen molar-refractivity contribution in [3.05, 3.63) is 0 Å². The Morgan fingerprint density at radius 3 is 2.39 bits per heavy atom. The normalized spacial score (nSPS) is 22.9. The van der Waals surface area contributed by atoms with Gasteiger partial charge in [-0.1, -0.05) is 34.1 Å². The molecule has 0 saturated carbocycles. The third-order valence-electron chi connectivity index (χ3n) is 4.52. The zero-order valence-corrected chi connectivity index (χ0v) is 17.0. The predicted octanol–water partition coefficient (Wildman–Crippen LogP) is 4.22. The molecule has 2 atom stereocenters. The van der Waals surface area contributed by atoms with Crippen LogP contribution in [0.4, 0.5) is 0 Å². The van der Waals surface area contributed by atoms with Crippen LogP contribution in [0.3, 0.4) is 0 Å². The molecule has 5 nitrogen and oxygen atoms in total. The topological polar surface area (TPSA) is 54.0 Å². The molecule has 23 heavy (non-hydrogen) atoms. The molecule has 0 bridgehead atoms. The first kappa shape index (κ1) is 20.6. The number of hydrogen-bond donors (Lipinski definition) is 0. The van der Waals surface area contributed by atoms with Crippen molar-refractivity contribution >= 4 is 14.3 Å². The fraction of sp³-hybridized carbons (Fsp3) is 0.941. The summed E-state index contributed by atoms with van der Waals surface area (Å²) in [7, 11) is -1.90. The van der Waals surface area contributed by atoms with Gasteiger partial charge in [-0.15, -0.1) is 0 Å². The molecule has 1 aliphatic rings. The Labute approximate surface area is 142 Å². The van der Waals surface area contributed by atoms with Gasteiger partial charge in [0.05, 0.1) is 12.5 Å². The molecular formula is C17H34O5Si. The van der Waals surface area contributed by atoms with Crippen molar-refractivity contribution in [2.45, 2.75) is 97.1 Å². The summed E-state index contributed by atoms with van der Waals surface area (Å²) >= 11 is 0. The average molecular weight is 347 g/mol. The van der Waals surface area contributed by atoms with E-state index in [9.17, 15) is 4.79 Å². The second-order valence-corrected chi connectivity index (χ2v) is 13.0. The molecule has 0 N–H and O–H groups in total. The largest absolute Gasteiger partial charge is 0.433 e. The number of hydrogen-bond acceptors (Lipinski definition) is 5. The highest BCUT2D eigenvalue weighted by molar-refractivity contribution is 6.74. The zero-order chi connectivity index (χ0) is 17.9. The summed E-state index contributed by atoms with van der Waals surface area (Å²) < 4.78 is 22.7. The maximum absolute atomic E-state index is 12.2. The van der Waals surface area contributed by atoms with Crippen molar-refractivity contribution in [3.63, 3.8) is 0 Å². The number of ether oxygens (including phenoxy) is 3. The first-order valence-corrected chi connectivity index (χ1v) is 11.5. The number of esters is 1. The summed E-state index contributed by atoms with van der Waals surface area (Å²) in [6.45, 7) is 17.0. The maximum Gasteiger partial charge on any atom is 0.310 e. The van der Waals surface area contributed by atoms with Crippen LogP contribution in [-0.2, 0) is 23.4 Å². The first-order chi connectivity index (χ1) is 10.4. The van der Waals surface area contributed by atoms with Crippen LogP contribution < -0.4 is 0 Å². The van der Waals surface area contributed by atoms with Gasteiger partial charge in [-0.05, 0) is 38.4 Å².